The molecule has 18 heavy (non-hydrogen) atoms. The van der Waals surface area contributed by atoms with Crippen LogP contribution in [0.25, 0.3) is 0 Å². The molecule has 0 aliphatic rings. The van der Waals surface area contributed by atoms with Gasteiger partial charge in [0.1, 0.15) is 10.8 Å². The van der Waals surface area contributed by atoms with Crippen molar-refractivity contribution in [3.05, 3.63) is 46.3 Å². The van der Waals surface area contributed by atoms with E-state index in [1.165, 1.54) is 4.88 Å². The van der Waals surface area contributed by atoms with Gasteiger partial charge in [0.15, 0.2) is 0 Å². The van der Waals surface area contributed by atoms with Crippen LogP contribution in [0.15, 0.2) is 35.8 Å². The molecule has 2 heterocycles. The number of thiophene rings is 1. The first-order chi connectivity index (χ1) is 8.66. The Morgan fingerprint density at radius 1 is 1.44 bits per heavy atom. The summed E-state index contributed by atoms with van der Waals surface area (Å²) < 4.78 is 0. The van der Waals surface area contributed by atoms with Crippen LogP contribution in [0.1, 0.15) is 10.4 Å². The number of pyridine rings is 1. The van der Waals surface area contributed by atoms with Crippen LogP contribution in [0.2, 0.25) is 0 Å². The van der Waals surface area contributed by atoms with Crippen LogP contribution < -0.4 is 10.6 Å². The zero-order valence-electron chi connectivity index (χ0n) is 10.2. The van der Waals surface area contributed by atoms with Gasteiger partial charge in [-0.05, 0) is 30.0 Å². The van der Waals surface area contributed by atoms with Crippen molar-refractivity contribution < 1.29 is 0 Å². The minimum absolute atomic E-state index is 0.385. The zero-order chi connectivity index (χ0) is 13.0. The second kappa shape index (κ2) is 5.93. The molecule has 3 nitrogen and oxygen atoms in total. The van der Waals surface area contributed by atoms with E-state index >= 15 is 0 Å². The first kappa shape index (κ1) is 13.0. The number of hydrogen-bond donors (Lipinski definition) is 1. The average Bonchev–Trinajstić information content (AvgIpc) is 2.89. The minimum atomic E-state index is 0.385. The molecule has 0 bridgehead atoms. The monoisotopic (exact) mass is 277 g/mol. The smallest absolute Gasteiger partial charge is 0.128 e. The van der Waals surface area contributed by atoms with Gasteiger partial charge in [0.25, 0.3) is 0 Å². The molecule has 94 valence electrons. The van der Waals surface area contributed by atoms with Crippen molar-refractivity contribution in [3.63, 3.8) is 0 Å². The second-order valence-corrected chi connectivity index (χ2v) is 5.49. The van der Waals surface area contributed by atoms with Gasteiger partial charge in [-0.25, -0.2) is 4.98 Å². The maximum absolute atomic E-state index is 5.54. The van der Waals surface area contributed by atoms with E-state index in [0.717, 1.165) is 24.3 Å². The molecule has 2 aromatic rings. The van der Waals surface area contributed by atoms with Crippen molar-refractivity contribution in [2.75, 3.05) is 18.5 Å². The Kier molecular flexibility index (Phi) is 4.28. The van der Waals surface area contributed by atoms with Crippen LogP contribution in [-0.2, 0) is 6.42 Å². The topological polar surface area (TPSA) is 42.1 Å². The van der Waals surface area contributed by atoms with Crippen LogP contribution in [0.5, 0.6) is 0 Å². The fourth-order valence-corrected chi connectivity index (χ4v) is 2.42. The number of thiocarbonyl (C=S) groups is 1. The van der Waals surface area contributed by atoms with Crippen molar-refractivity contribution in [2.24, 2.45) is 5.73 Å². The standard InChI is InChI=1S/C13H15N3S2/c1-16(7-6-11-3-2-8-18-11)12-5-4-10(9-15-12)13(14)17/h2-5,8-9H,6-7H2,1H3,(H2,14,17). The van der Waals surface area contributed by atoms with Gasteiger partial charge in [-0.2, -0.15) is 0 Å². The molecular weight excluding hydrogens is 262 g/mol. The number of nitrogens with zero attached hydrogens (tertiary/aromatic N) is 2. The van der Waals surface area contributed by atoms with E-state index in [2.05, 4.69) is 27.4 Å². The number of likely N-dealkylation sites (N-methyl/N-ethyl adjacent to an activating group) is 1. The summed E-state index contributed by atoms with van der Waals surface area (Å²) in [5.41, 5.74) is 6.35. The molecule has 2 rings (SSSR count). The van der Waals surface area contributed by atoms with Gasteiger partial charge in [-0.15, -0.1) is 11.3 Å². The molecule has 0 spiro atoms. The lowest BCUT2D eigenvalue weighted by Crippen LogP contribution is -2.21. The molecule has 0 saturated heterocycles. The number of aromatic nitrogens is 1. The highest BCUT2D eigenvalue weighted by molar-refractivity contribution is 7.80. The summed E-state index contributed by atoms with van der Waals surface area (Å²) in [7, 11) is 2.04. The molecule has 0 fully saturated rings. The van der Waals surface area contributed by atoms with Crippen LogP contribution in [0, 0.1) is 0 Å². The highest BCUT2D eigenvalue weighted by Crippen LogP contribution is 2.13. The molecule has 2 aromatic heterocycles. The molecule has 0 radical (unpaired) electrons. The van der Waals surface area contributed by atoms with Gasteiger partial charge >= 0.3 is 0 Å². The summed E-state index contributed by atoms with van der Waals surface area (Å²) in [4.78, 5) is 8.26. The van der Waals surface area contributed by atoms with Crippen molar-refractivity contribution in [1.29, 1.82) is 0 Å². The summed E-state index contributed by atoms with van der Waals surface area (Å²) in [5, 5.41) is 2.10. The summed E-state index contributed by atoms with van der Waals surface area (Å²) in [5.74, 6) is 0.937. The Morgan fingerprint density at radius 2 is 2.28 bits per heavy atom. The van der Waals surface area contributed by atoms with E-state index in [0.29, 0.717) is 4.99 Å². The van der Waals surface area contributed by atoms with Gasteiger partial charge in [0.2, 0.25) is 0 Å². The molecule has 0 amide bonds. The predicted octanol–water partition coefficient (Wildman–Crippen LogP) is 2.46. The largest absolute Gasteiger partial charge is 0.389 e. The fraction of sp³-hybridized carbons (Fsp3) is 0.231. The van der Waals surface area contributed by atoms with E-state index in [-0.39, 0.29) is 0 Å². The maximum atomic E-state index is 5.54. The fourth-order valence-electron chi connectivity index (χ4n) is 1.60. The lowest BCUT2D eigenvalue weighted by Gasteiger charge is -2.17. The Labute approximate surface area is 116 Å². The Morgan fingerprint density at radius 3 is 2.83 bits per heavy atom. The summed E-state index contributed by atoms with van der Waals surface area (Å²) in [6, 6.07) is 8.09. The molecule has 0 aliphatic heterocycles. The predicted molar refractivity (Wildman–Crippen MR) is 81.4 cm³/mol. The van der Waals surface area contributed by atoms with Crippen LogP contribution >= 0.6 is 23.6 Å². The number of anilines is 1. The van der Waals surface area contributed by atoms with E-state index in [9.17, 15) is 0 Å². The van der Waals surface area contributed by atoms with E-state index < -0.39 is 0 Å². The molecular formula is C13H15N3S2. The van der Waals surface area contributed by atoms with Crippen LogP contribution in [0.4, 0.5) is 5.82 Å². The highest BCUT2D eigenvalue weighted by Gasteiger charge is 2.04. The molecule has 0 saturated carbocycles. The highest BCUT2D eigenvalue weighted by atomic mass is 32.1. The van der Waals surface area contributed by atoms with Crippen molar-refractivity contribution in [1.82, 2.24) is 4.98 Å². The van der Waals surface area contributed by atoms with Gasteiger partial charge in [-0.3, -0.25) is 0 Å². The van der Waals surface area contributed by atoms with Gasteiger partial charge in [0.05, 0.1) is 0 Å². The molecule has 0 unspecified atom stereocenters. The minimum Gasteiger partial charge on any atom is -0.389 e. The lowest BCUT2D eigenvalue weighted by molar-refractivity contribution is 0.869. The van der Waals surface area contributed by atoms with E-state index in [1.807, 2.05) is 19.2 Å². The molecule has 2 N–H and O–H groups in total. The first-order valence-electron chi connectivity index (χ1n) is 5.66. The van der Waals surface area contributed by atoms with Crippen molar-refractivity contribution in [3.8, 4) is 0 Å². The third-order valence-electron chi connectivity index (χ3n) is 2.70. The van der Waals surface area contributed by atoms with Gasteiger partial charge in [0, 0.05) is 30.2 Å². The molecule has 5 heteroatoms. The number of hydrogen-bond acceptors (Lipinski definition) is 4. The van der Waals surface area contributed by atoms with Crippen molar-refractivity contribution in [2.45, 2.75) is 6.42 Å². The second-order valence-electron chi connectivity index (χ2n) is 4.02. The summed E-state index contributed by atoms with van der Waals surface area (Å²) in [6.45, 7) is 0.944. The van der Waals surface area contributed by atoms with E-state index in [1.54, 1.807) is 17.5 Å². The Hall–Kier alpha value is -1.46. The first-order valence-corrected chi connectivity index (χ1v) is 6.95. The summed E-state index contributed by atoms with van der Waals surface area (Å²) in [6.07, 6.45) is 2.76. The molecule has 0 atom stereocenters. The quantitative estimate of drug-likeness (QED) is 0.853. The summed E-state index contributed by atoms with van der Waals surface area (Å²) >= 11 is 6.69. The normalized spacial score (nSPS) is 10.3. The van der Waals surface area contributed by atoms with E-state index in [4.69, 9.17) is 18.0 Å². The van der Waals surface area contributed by atoms with Gasteiger partial charge in [-0.1, -0.05) is 18.3 Å². The van der Waals surface area contributed by atoms with Gasteiger partial charge < -0.3 is 10.6 Å². The lowest BCUT2D eigenvalue weighted by atomic mass is 10.2. The third-order valence-corrected chi connectivity index (χ3v) is 3.87. The van der Waals surface area contributed by atoms with Crippen molar-refractivity contribution >= 4 is 34.4 Å². The SMILES string of the molecule is CN(CCc1cccs1)c1ccc(C(N)=S)cn1. The number of nitrogens with two attached hydrogens (primary N) is 1. The Balaban J connectivity index is 1.96. The third kappa shape index (κ3) is 3.27. The maximum Gasteiger partial charge on any atom is 0.128 e. The Bertz CT molecular complexity index is 506. The molecule has 0 aliphatic carbocycles. The molecule has 0 aromatic carbocycles. The average molecular weight is 277 g/mol. The van der Waals surface area contributed by atoms with Crippen LogP contribution in [0.3, 0.4) is 0 Å². The number of rotatable bonds is 5. The van der Waals surface area contributed by atoms with Crippen LogP contribution in [-0.4, -0.2) is 23.6 Å². The zero-order valence-corrected chi connectivity index (χ0v) is 11.8.